The highest BCUT2D eigenvalue weighted by Crippen LogP contribution is 2.34. The normalized spacial score (nSPS) is 23.4. The third-order valence-electron chi connectivity index (χ3n) is 2.42. The van der Waals surface area contributed by atoms with E-state index in [0.29, 0.717) is 5.41 Å². The fourth-order valence-corrected chi connectivity index (χ4v) is 1.78. The molecular weight excluding hydrogens is 174 g/mol. The van der Waals surface area contributed by atoms with Crippen LogP contribution < -0.4 is 0 Å². The number of ether oxygens (including phenoxy) is 1. The predicted octanol–water partition coefficient (Wildman–Crippen LogP) is 3.19. The van der Waals surface area contributed by atoms with Crippen LogP contribution in [0.25, 0.3) is 0 Å². The van der Waals surface area contributed by atoms with Crippen LogP contribution in [0.5, 0.6) is 0 Å². The minimum Gasteiger partial charge on any atom is -0.498 e. The van der Waals surface area contributed by atoms with E-state index in [2.05, 4.69) is 31.8 Å². The van der Waals surface area contributed by atoms with E-state index in [1.54, 1.807) is 0 Å². The molecule has 0 aromatic carbocycles. The second-order valence-corrected chi connectivity index (χ2v) is 4.69. The van der Waals surface area contributed by atoms with Crippen LogP contribution in [-0.2, 0) is 4.74 Å². The Labute approximate surface area is 87.1 Å². The average Bonchev–Trinajstić information content (AvgIpc) is 2.12. The molecule has 14 heavy (non-hydrogen) atoms. The van der Waals surface area contributed by atoms with Gasteiger partial charge < -0.3 is 4.74 Å². The van der Waals surface area contributed by atoms with E-state index in [1.165, 1.54) is 0 Å². The molecule has 0 saturated heterocycles. The van der Waals surface area contributed by atoms with Gasteiger partial charge in [0.05, 0.1) is 12.4 Å². The minimum atomic E-state index is 0.298. The Bertz CT molecular complexity index is 251. The smallest absolute Gasteiger partial charge is 0.0983 e. The van der Waals surface area contributed by atoms with Crippen molar-refractivity contribution in [2.75, 3.05) is 13.7 Å². The summed E-state index contributed by atoms with van der Waals surface area (Å²) in [7, 11) is 1.85. The number of allylic oxidation sites excluding steroid dienone is 2. The predicted molar refractivity (Wildman–Crippen MR) is 60.7 cm³/mol. The number of aliphatic imine (C=N–C) groups is 1. The highest BCUT2D eigenvalue weighted by molar-refractivity contribution is 5.96. The molecule has 0 unspecified atom stereocenters. The maximum Gasteiger partial charge on any atom is 0.0983 e. The zero-order valence-electron chi connectivity index (χ0n) is 9.76. The van der Waals surface area contributed by atoms with Gasteiger partial charge in [0.2, 0.25) is 0 Å². The molecule has 2 heteroatoms. The molecular formula is C12H21NO. The Balaban J connectivity index is 2.69. The zero-order chi connectivity index (χ0) is 10.6. The molecule has 0 aliphatic heterocycles. The Hall–Kier alpha value is -0.790. The third kappa shape index (κ3) is 3.17. The first-order chi connectivity index (χ1) is 6.57. The van der Waals surface area contributed by atoms with Gasteiger partial charge in [0.1, 0.15) is 0 Å². The fraction of sp³-hybridized carbons (Fsp3) is 0.750. The highest BCUT2D eigenvalue weighted by atomic mass is 16.5. The molecule has 0 spiro atoms. The van der Waals surface area contributed by atoms with Crippen LogP contribution in [0.1, 0.15) is 40.0 Å². The summed E-state index contributed by atoms with van der Waals surface area (Å²) in [6.45, 7) is 7.48. The number of hydrogen-bond donors (Lipinski definition) is 0. The Kier molecular flexibility index (Phi) is 3.73. The molecule has 2 nitrogen and oxygen atoms in total. The maximum absolute atomic E-state index is 5.68. The molecule has 0 saturated carbocycles. The number of hydrogen-bond acceptors (Lipinski definition) is 2. The van der Waals surface area contributed by atoms with Crippen molar-refractivity contribution in [1.29, 1.82) is 0 Å². The van der Waals surface area contributed by atoms with Crippen molar-refractivity contribution in [2.45, 2.75) is 40.0 Å². The van der Waals surface area contributed by atoms with Crippen LogP contribution in [0, 0.1) is 5.41 Å². The average molecular weight is 195 g/mol. The third-order valence-corrected chi connectivity index (χ3v) is 2.42. The number of nitrogens with zero attached hydrogens (tertiary/aromatic N) is 1. The van der Waals surface area contributed by atoms with Crippen LogP contribution in [0.15, 0.2) is 16.8 Å². The van der Waals surface area contributed by atoms with Crippen LogP contribution in [-0.4, -0.2) is 19.4 Å². The van der Waals surface area contributed by atoms with Crippen molar-refractivity contribution in [3.63, 3.8) is 0 Å². The molecule has 0 aromatic rings. The Morgan fingerprint density at radius 3 is 2.71 bits per heavy atom. The zero-order valence-corrected chi connectivity index (χ0v) is 9.76. The summed E-state index contributed by atoms with van der Waals surface area (Å²) in [5, 5.41) is 0. The van der Waals surface area contributed by atoms with Crippen LogP contribution >= 0.6 is 0 Å². The van der Waals surface area contributed by atoms with Gasteiger partial charge in [0.15, 0.2) is 0 Å². The molecule has 0 amide bonds. The van der Waals surface area contributed by atoms with Crippen molar-refractivity contribution in [2.24, 2.45) is 10.4 Å². The quantitative estimate of drug-likeness (QED) is 0.677. The summed E-state index contributed by atoms with van der Waals surface area (Å²) >= 11 is 0. The van der Waals surface area contributed by atoms with E-state index in [4.69, 9.17) is 4.74 Å². The molecule has 0 fully saturated rings. The van der Waals surface area contributed by atoms with E-state index < -0.39 is 0 Å². The van der Waals surface area contributed by atoms with Crippen molar-refractivity contribution < 1.29 is 4.74 Å². The van der Waals surface area contributed by atoms with Gasteiger partial charge >= 0.3 is 0 Å². The topological polar surface area (TPSA) is 21.6 Å². The Morgan fingerprint density at radius 1 is 1.43 bits per heavy atom. The molecule has 1 aliphatic carbocycles. The van der Waals surface area contributed by atoms with Gasteiger partial charge in [0.25, 0.3) is 0 Å². The van der Waals surface area contributed by atoms with Crippen molar-refractivity contribution in [3.05, 3.63) is 11.8 Å². The first-order valence-electron chi connectivity index (χ1n) is 5.36. The van der Waals surface area contributed by atoms with Crippen LogP contribution in [0.3, 0.4) is 0 Å². The van der Waals surface area contributed by atoms with Gasteiger partial charge in [-0.1, -0.05) is 20.8 Å². The SMILES string of the molecule is CCCOC1=CC(=NC)CC(C)(C)C1. The fourth-order valence-electron chi connectivity index (χ4n) is 1.78. The van der Waals surface area contributed by atoms with E-state index in [0.717, 1.165) is 37.3 Å². The van der Waals surface area contributed by atoms with Crippen molar-refractivity contribution in [3.8, 4) is 0 Å². The largest absolute Gasteiger partial charge is 0.498 e. The van der Waals surface area contributed by atoms with Crippen molar-refractivity contribution in [1.82, 2.24) is 0 Å². The van der Waals surface area contributed by atoms with E-state index >= 15 is 0 Å². The maximum atomic E-state index is 5.68. The molecule has 0 N–H and O–H groups in total. The van der Waals surface area contributed by atoms with Crippen LogP contribution in [0.2, 0.25) is 0 Å². The second-order valence-electron chi connectivity index (χ2n) is 4.69. The van der Waals surface area contributed by atoms with Gasteiger partial charge in [-0.15, -0.1) is 0 Å². The lowest BCUT2D eigenvalue weighted by molar-refractivity contribution is 0.172. The van der Waals surface area contributed by atoms with Gasteiger partial charge in [-0.25, -0.2) is 0 Å². The monoisotopic (exact) mass is 195 g/mol. The van der Waals surface area contributed by atoms with E-state index in [-0.39, 0.29) is 0 Å². The molecule has 0 aromatic heterocycles. The molecule has 0 atom stereocenters. The van der Waals surface area contributed by atoms with E-state index in [1.807, 2.05) is 7.05 Å². The second kappa shape index (κ2) is 4.63. The number of rotatable bonds is 3. The lowest BCUT2D eigenvalue weighted by Crippen LogP contribution is -2.23. The summed E-state index contributed by atoms with van der Waals surface area (Å²) in [5.41, 5.74) is 1.46. The van der Waals surface area contributed by atoms with Gasteiger partial charge in [-0.2, -0.15) is 0 Å². The molecule has 0 bridgehead atoms. The van der Waals surface area contributed by atoms with Gasteiger partial charge in [-0.3, -0.25) is 4.99 Å². The Morgan fingerprint density at radius 2 is 2.14 bits per heavy atom. The molecule has 1 aliphatic rings. The molecule has 80 valence electrons. The van der Waals surface area contributed by atoms with E-state index in [9.17, 15) is 0 Å². The first-order valence-corrected chi connectivity index (χ1v) is 5.36. The lowest BCUT2D eigenvalue weighted by Gasteiger charge is -2.30. The van der Waals surface area contributed by atoms with Gasteiger partial charge in [0, 0.05) is 19.2 Å². The summed E-state index contributed by atoms with van der Waals surface area (Å²) in [5.74, 6) is 1.10. The minimum absolute atomic E-state index is 0.298. The molecule has 0 heterocycles. The molecule has 0 radical (unpaired) electrons. The van der Waals surface area contributed by atoms with Crippen molar-refractivity contribution >= 4 is 5.71 Å². The molecule has 1 rings (SSSR count). The van der Waals surface area contributed by atoms with Gasteiger partial charge in [-0.05, 0) is 24.3 Å². The summed E-state index contributed by atoms with van der Waals surface area (Å²) < 4.78 is 5.68. The summed E-state index contributed by atoms with van der Waals surface area (Å²) in [4.78, 5) is 4.26. The summed E-state index contributed by atoms with van der Waals surface area (Å²) in [6.07, 6.45) is 5.26. The lowest BCUT2D eigenvalue weighted by atomic mass is 9.79. The summed E-state index contributed by atoms with van der Waals surface area (Å²) in [6, 6.07) is 0. The standard InChI is InChI=1S/C12H21NO/c1-5-6-14-11-7-10(13-4)8-12(2,3)9-11/h7H,5-6,8-9H2,1-4H3. The first kappa shape index (κ1) is 11.3. The van der Waals surface area contributed by atoms with Crippen LogP contribution in [0.4, 0.5) is 0 Å². The highest BCUT2D eigenvalue weighted by Gasteiger charge is 2.26.